The zero-order chi connectivity index (χ0) is 14.7. The van der Waals surface area contributed by atoms with Crippen LogP contribution in [0.25, 0.3) is 10.2 Å². The number of nitrogens with one attached hydrogen (secondary N) is 1. The lowest BCUT2D eigenvalue weighted by molar-refractivity contribution is -0.116. The number of hydrogen-bond acceptors (Lipinski definition) is 3. The van der Waals surface area contributed by atoms with Crippen LogP contribution in [0, 0.1) is 0 Å². The first-order chi connectivity index (χ1) is 9.51. The summed E-state index contributed by atoms with van der Waals surface area (Å²) in [6.45, 7) is 4.20. The van der Waals surface area contributed by atoms with Crippen molar-refractivity contribution in [3.8, 4) is 0 Å². The van der Waals surface area contributed by atoms with Crippen molar-refractivity contribution in [2.24, 2.45) is 0 Å². The third-order valence-electron chi connectivity index (χ3n) is 2.90. The van der Waals surface area contributed by atoms with Crippen LogP contribution in [0.3, 0.4) is 0 Å². The van der Waals surface area contributed by atoms with Crippen LogP contribution in [0.1, 0.15) is 38.2 Å². The molecule has 0 spiro atoms. The molecule has 0 radical (unpaired) electrons. The van der Waals surface area contributed by atoms with Gasteiger partial charge in [0.1, 0.15) is 0 Å². The van der Waals surface area contributed by atoms with Crippen LogP contribution < -0.4 is 5.32 Å². The fourth-order valence-corrected chi connectivity index (χ4v) is 3.30. The first kappa shape index (κ1) is 15.5. The van der Waals surface area contributed by atoms with Gasteiger partial charge in [0.15, 0.2) is 5.13 Å². The summed E-state index contributed by atoms with van der Waals surface area (Å²) in [5, 5.41) is 4.13. The van der Waals surface area contributed by atoms with Gasteiger partial charge in [0, 0.05) is 17.3 Å². The van der Waals surface area contributed by atoms with Gasteiger partial charge in [0.05, 0.1) is 10.2 Å². The van der Waals surface area contributed by atoms with Gasteiger partial charge >= 0.3 is 0 Å². The molecule has 0 saturated carbocycles. The van der Waals surface area contributed by atoms with E-state index in [2.05, 4.69) is 24.1 Å². The molecule has 2 rings (SSSR count). The Balaban J connectivity index is 2.29. The number of aromatic nitrogens is 1. The zero-order valence-electron chi connectivity index (χ0n) is 11.4. The van der Waals surface area contributed by atoms with Crippen LogP contribution in [0.2, 0.25) is 5.02 Å². The van der Waals surface area contributed by atoms with E-state index in [0.29, 0.717) is 34.8 Å². The third kappa shape index (κ3) is 3.62. The Morgan fingerprint density at radius 3 is 2.85 bits per heavy atom. The molecule has 1 amide bonds. The van der Waals surface area contributed by atoms with E-state index in [-0.39, 0.29) is 5.91 Å². The molecular weight excluding hydrogens is 315 g/mol. The topological polar surface area (TPSA) is 42.0 Å². The van der Waals surface area contributed by atoms with Crippen molar-refractivity contribution in [1.29, 1.82) is 0 Å². The Bertz CT molecular complexity index is 625. The van der Waals surface area contributed by atoms with Gasteiger partial charge in [-0.05, 0) is 30.0 Å². The number of fused-ring (bicyclic) bond motifs is 1. The number of carbonyl (C=O) groups excluding carboxylic acids is 1. The van der Waals surface area contributed by atoms with Crippen molar-refractivity contribution < 1.29 is 4.79 Å². The minimum absolute atomic E-state index is 0.0538. The van der Waals surface area contributed by atoms with Crippen LogP contribution in [0.4, 0.5) is 5.13 Å². The Morgan fingerprint density at radius 2 is 2.20 bits per heavy atom. The number of amides is 1. The predicted molar refractivity (Wildman–Crippen MR) is 87.3 cm³/mol. The van der Waals surface area contributed by atoms with E-state index < -0.39 is 0 Å². The molecule has 1 N–H and O–H groups in total. The van der Waals surface area contributed by atoms with Gasteiger partial charge in [-0.1, -0.05) is 36.8 Å². The minimum Gasteiger partial charge on any atom is -0.302 e. The van der Waals surface area contributed by atoms with Gasteiger partial charge < -0.3 is 5.32 Å². The third-order valence-corrected chi connectivity index (χ3v) is 4.30. The Hall–Kier alpha value is -0.840. The number of thiazole rings is 1. The molecule has 0 fully saturated rings. The largest absolute Gasteiger partial charge is 0.302 e. The molecule has 2 aromatic rings. The Labute approximate surface area is 132 Å². The van der Waals surface area contributed by atoms with E-state index in [4.69, 9.17) is 23.2 Å². The highest BCUT2D eigenvalue weighted by atomic mass is 35.5. The molecule has 0 atom stereocenters. The maximum Gasteiger partial charge on any atom is 0.226 e. The highest BCUT2D eigenvalue weighted by Crippen LogP contribution is 2.34. The van der Waals surface area contributed by atoms with E-state index in [1.165, 1.54) is 11.3 Å². The van der Waals surface area contributed by atoms with Crippen LogP contribution >= 0.6 is 34.5 Å². The Kier molecular flexibility index (Phi) is 5.24. The lowest BCUT2D eigenvalue weighted by atomic mass is 10.0. The van der Waals surface area contributed by atoms with E-state index in [1.54, 1.807) is 0 Å². The highest BCUT2D eigenvalue weighted by Gasteiger charge is 2.13. The lowest BCUT2D eigenvalue weighted by Gasteiger charge is -2.06. The minimum atomic E-state index is -0.0538. The van der Waals surface area contributed by atoms with Gasteiger partial charge in [-0.15, -0.1) is 11.6 Å². The molecule has 20 heavy (non-hydrogen) atoms. The molecule has 1 aromatic heterocycles. The second-order valence-electron chi connectivity index (χ2n) is 4.86. The average Bonchev–Trinajstić information content (AvgIpc) is 2.76. The van der Waals surface area contributed by atoms with Crippen molar-refractivity contribution >= 4 is 55.8 Å². The summed E-state index contributed by atoms with van der Waals surface area (Å²) in [5.74, 6) is 0.764. The van der Waals surface area contributed by atoms with E-state index in [9.17, 15) is 4.79 Å². The molecule has 1 heterocycles. The van der Waals surface area contributed by atoms with Gasteiger partial charge in [0.25, 0.3) is 0 Å². The molecular formula is C14H16Cl2N2OS. The average molecular weight is 331 g/mol. The molecule has 0 aliphatic rings. The fraction of sp³-hybridized carbons (Fsp3) is 0.429. The quantitative estimate of drug-likeness (QED) is 0.781. The zero-order valence-corrected chi connectivity index (χ0v) is 13.7. The molecule has 6 heteroatoms. The second kappa shape index (κ2) is 6.74. The summed E-state index contributed by atoms with van der Waals surface area (Å²) in [6, 6.07) is 3.82. The summed E-state index contributed by atoms with van der Waals surface area (Å²) in [4.78, 5) is 16.2. The summed E-state index contributed by atoms with van der Waals surface area (Å²) in [6.07, 6.45) is 1.08. The molecule has 0 saturated heterocycles. The fourth-order valence-electron chi connectivity index (χ4n) is 1.92. The monoisotopic (exact) mass is 330 g/mol. The number of anilines is 1. The van der Waals surface area contributed by atoms with Gasteiger partial charge in [-0.3, -0.25) is 4.79 Å². The number of halogens is 2. The molecule has 108 valence electrons. The molecule has 0 unspecified atom stereocenters. The predicted octanol–water partition coefficient (Wildman–Crippen LogP) is 5.03. The number of alkyl halides is 1. The molecule has 3 nitrogen and oxygen atoms in total. The summed E-state index contributed by atoms with van der Waals surface area (Å²) < 4.78 is 0.994. The maximum absolute atomic E-state index is 11.7. The SMILES string of the molecule is CC(C)c1cc(Cl)cc2sc(NC(=O)CCCCl)nc12. The summed E-state index contributed by atoms with van der Waals surface area (Å²) in [7, 11) is 0. The first-order valence-electron chi connectivity index (χ1n) is 6.47. The Morgan fingerprint density at radius 1 is 1.45 bits per heavy atom. The highest BCUT2D eigenvalue weighted by molar-refractivity contribution is 7.22. The van der Waals surface area contributed by atoms with Gasteiger partial charge in [0.2, 0.25) is 5.91 Å². The molecule has 0 bridgehead atoms. The standard InChI is InChI=1S/C14H16Cl2N2OS/c1-8(2)10-6-9(16)7-11-13(10)18-14(20-11)17-12(19)4-3-5-15/h6-8H,3-5H2,1-2H3,(H,17,18,19). The van der Waals surface area contributed by atoms with Crippen LogP contribution in [-0.4, -0.2) is 16.8 Å². The van der Waals surface area contributed by atoms with E-state index in [1.807, 2.05) is 12.1 Å². The van der Waals surface area contributed by atoms with E-state index >= 15 is 0 Å². The molecule has 0 aliphatic carbocycles. The van der Waals surface area contributed by atoms with Crippen molar-refractivity contribution in [2.75, 3.05) is 11.2 Å². The van der Waals surface area contributed by atoms with Crippen molar-refractivity contribution in [3.63, 3.8) is 0 Å². The van der Waals surface area contributed by atoms with Crippen molar-refractivity contribution in [2.45, 2.75) is 32.6 Å². The number of rotatable bonds is 5. The molecule has 1 aromatic carbocycles. The molecule has 0 aliphatic heterocycles. The van der Waals surface area contributed by atoms with Crippen LogP contribution in [0.15, 0.2) is 12.1 Å². The van der Waals surface area contributed by atoms with Crippen LogP contribution in [-0.2, 0) is 4.79 Å². The maximum atomic E-state index is 11.7. The number of nitrogens with zero attached hydrogens (tertiary/aromatic N) is 1. The number of hydrogen-bond donors (Lipinski definition) is 1. The lowest BCUT2D eigenvalue weighted by Crippen LogP contribution is -2.10. The summed E-state index contributed by atoms with van der Waals surface area (Å²) >= 11 is 13.2. The number of carbonyl (C=O) groups is 1. The summed E-state index contributed by atoms with van der Waals surface area (Å²) in [5.41, 5.74) is 2.02. The first-order valence-corrected chi connectivity index (χ1v) is 8.20. The van der Waals surface area contributed by atoms with Crippen molar-refractivity contribution in [1.82, 2.24) is 4.98 Å². The van der Waals surface area contributed by atoms with Crippen LogP contribution in [0.5, 0.6) is 0 Å². The van der Waals surface area contributed by atoms with E-state index in [0.717, 1.165) is 15.8 Å². The second-order valence-corrected chi connectivity index (χ2v) is 6.70. The van der Waals surface area contributed by atoms with Crippen molar-refractivity contribution in [3.05, 3.63) is 22.7 Å². The number of benzene rings is 1. The smallest absolute Gasteiger partial charge is 0.226 e. The van der Waals surface area contributed by atoms with Gasteiger partial charge in [-0.25, -0.2) is 4.98 Å². The normalized spacial score (nSPS) is 11.2. The van der Waals surface area contributed by atoms with Gasteiger partial charge in [-0.2, -0.15) is 0 Å².